The zero-order valence-corrected chi connectivity index (χ0v) is 37.7. The second-order valence-corrected chi connectivity index (χ2v) is 17.4. The van der Waals surface area contributed by atoms with Gasteiger partial charge in [-0.15, -0.1) is 0 Å². The number of carbonyl (C=O) groups excluding carboxylic acids is 4. The third kappa shape index (κ3) is 14.4. The standard InChI is InChI=1S/C46H54N6O8S.C2H6O2/c1-46-31-61-40(42(46)49-44(55)50-46)14-6-7-15-41(53)47-22-8-24-57-26-27-58-25-9-23-48-45(56)59-30-32-16-18-34(19-17-32)38-28-36(60-51-38)29-52-39-13-5-3-11-35(39)21-20-33-10-2-4-12-37(33)43(52)54;3-1-2-4/h2-5,10-13,16-19,36,40,42H,6-9,14-15,22-31H2,1H3,(H,47,53)(H,48,56)(H2,49,50,55);3-4H,1-2H2/t36?,40?,42-,46+;/m1./s1. The molecule has 0 spiro atoms. The fourth-order valence-corrected chi connectivity index (χ4v) is 9.50. The number of aliphatic hydroxyl groups excluding tert-OH is 2. The van der Waals surface area contributed by atoms with Crippen molar-refractivity contribution >= 4 is 47.1 Å². The quantitative estimate of drug-likeness (QED) is 0.0471. The molecule has 4 aliphatic rings. The van der Waals surface area contributed by atoms with E-state index in [0.717, 1.165) is 59.5 Å². The number of carbonyl (C=O) groups is 4. The van der Waals surface area contributed by atoms with Crippen LogP contribution >= 0.6 is 11.8 Å². The normalized spacial score (nSPS) is 20.1. The second kappa shape index (κ2) is 25.2. The number of oxime groups is 1. The third-order valence-corrected chi connectivity index (χ3v) is 12.9. The van der Waals surface area contributed by atoms with E-state index in [1.54, 1.807) is 11.0 Å². The van der Waals surface area contributed by atoms with Gasteiger partial charge in [-0.05, 0) is 68.0 Å². The van der Waals surface area contributed by atoms with Crippen LogP contribution in [0.3, 0.4) is 0 Å². The number of benzene rings is 3. The van der Waals surface area contributed by atoms with Gasteiger partial charge in [0.25, 0.3) is 5.91 Å². The van der Waals surface area contributed by atoms with Gasteiger partial charge >= 0.3 is 12.1 Å². The molecule has 0 aliphatic carbocycles. The lowest BCUT2D eigenvalue weighted by Gasteiger charge is -2.27. The van der Waals surface area contributed by atoms with Gasteiger partial charge in [0.05, 0.1) is 61.5 Å². The number of fused-ring (bicyclic) bond motifs is 3. The molecule has 0 bridgehead atoms. The summed E-state index contributed by atoms with van der Waals surface area (Å²) < 4.78 is 16.6. The molecule has 4 atom stereocenters. The van der Waals surface area contributed by atoms with Crippen LogP contribution in [0.15, 0.2) is 78.0 Å². The molecule has 2 saturated heterocycles. The number of unbranched alkanes of at least 4 members (excludes halogenated alkanes) is 1. The number of thioether (sulfide) groups is 1. The largest absolute Gasteiger partial charge is 0.445 e. The highest BCUT2D eigenvalue weighted by atomic mass is 32.2. The van der Waals surface area contributed by atoms with Crippen molar-refractivity contribution in [1.82, 2.24) is 21.3 Å². The Morgan fingerprint density at radius 2 is 1.58 bits per heavy atom. The molecule has 0 radical (unpaired) electrons. The first-order valence-electron chi connectivity index (χ1n) is 22.3. The van der Waals surface area contributed by atoms with E-state index >= 15 is 0 Å². The maximum atomic E-state index is 13.8. The molecule has 5 amide bonds. The number of rotatable bonds is 22. The molecular weight excluding hydrogens is 853 g/mol. The van der Waals surface area contributed by atoms with E-state index in [1.165, 1.54) is 0 Å². The highest BCUT2D eigenvalue weighted by Gasteiger charge is 2.51. The van der Waals surface area contributed by atoms with Crippen LogP contribution in [0.5, 0.6) is 0 Å². The minimum atomic E-state index is -0.501. The lowest BCUT2D eigenvalue weighted by Crippen LogP contribution is -2.47. The van der Waals surface area contributed by atoms with Crippen LogP contribution in [0.4, 0.5) is 15.3 Å². The van der Waals surface area contributed by atoms with Gasteiger partial charge in [-0.2, -0.15) is 11.8 Å². The molecule has 3 aromatic rings. The topological polar surface area (TPSA) is 209 Å². The van der Waals surface area contributed by atoms with E-state index in [0.29, 0.717) is 81.7 Å². The smallest absolute Gasteiger partial charge is 0.407 e. The molecule has 4 aliphatic heterocycles. The zero-order valence-electron chi connectivity index (χ0n) is 36.9. The fraction of sp³-hybridized carbons (Fsp3) is 0.479. The maximum absolute atomic E-state index is 13.8. The maximum Gasteiger partial charge on any atom is 0.407 e. The van der Waals surface area contributed by atoms with Crippen LogP contribution in [0.1, 0.15) is 84.5 Å². The van der Waals surface area contributed by atoms with E-state index in [1.807, 2.05) is 78.5 Å². The van der Waals surface area contributed by atoms with Gasteiger partial charge in [0.1, 0.15) is 6.61 Å². The summed E-state index contributed by atoms with van der Waals surface area (Å²) in [6.45, 7) is 5.19. The molecule has 4 heterocycles. The molecule has 6 N–H and O–H groups in total. The van der Waals surface area contributed by atoms with Crippen molar-refractivity contribution < 1.29 is 48.4 Å². The Kier molecular flexibility index (Phi) is 18.9. The van der Waals surface area contributed by atoms with Gasteiger partial charge in [-0.1, -0.05) is 71.9 Å². The number of anilines is 1. The first kappa shape index (κ1) is 48.8. The number of para-hydroxylation sites is 1. The number of hydrogen-bond donors (Lipinski definition) is 6. The molecule has 0 saturated carbocycles. The van der Waals surface area contributed by atoms with Crippen molar-refractivity contribution in [1.29, 1.82) is 0 Å². The number of urea groups is 1. The number of ether oxygens (including phenoxy) is 3. The summed E-state index contributed by atoms with van der Waals surface area (Å²) in [4.78, 5) is 57.5. The van der Waals surface area contributed by atoms with Gasteiger partial charge in [-0.3, -0.25) is 9.59 Å². The molecule has 16 nitrogen and oxygen atoms in total. The van der Waals surface area contributed by atoms with Crippen molar-refractivity contribution in [2.45, 2.75) is 81.4 Å². The first-order chi connectivity index (χ1) is 31.7. The molecule has 0 aromatic heterocycles. The van der Waals surface area contributed by atoms with Crippen molar-refractivity contribution in [2.75, 3.05) is 69.9 Å². The Labute approximate surface area is 384 Å². The Morgan fingerprint density at radius 3 is 2.34 bits per heavy atom. The number of hydrogen-bond acceptors (Lipinski definition) is 12. The van der Waals surface area contributed by atoms with Gasteiger partial charge in [0.15, 0.2) is 6.10 Å². The number of aliphatic hydroxyl groups is 2. The average molecular weight is 913 g/mol. The lowest BCUT2D eigenvalue weighted by molar-refractivity contribution is -0.121. The minimum absolute atomic E-state index is 0.0573. The average Bonchev–Trinajstić information content (AvgIpc) is 4.00. The summed E-state index contributed by atoms with van der Waals surface area (Å²) in [5.41, 5.74) is 5.12. The van der Waals surface area contributed by atoms with E-state index in [2.05, 4.69) is 45.2 Å². The van der Waals surface area contributed by atoms with Crippen molar-refractivity contribution in [3.8, 4) is 11.8 Å². The Hall–Kier alpha value is -5.64. The van der Waals surface area contributed by atoms with Gasteiger partial charge < -0.3 is 55.4 Å². The van der Waals surface area contributed by atoms with Crippen molar-refractivity contribution in [3.63, 3.8) is 0 Å². The van der Waals surface area contributed by atoms with E-state index in [-0.39, 0.29) is 55.4 Å². The van der Waals surface area contributed by atoms with Gasteiger partial charge in [-0.25, -0.2) is 9.59 Å². The Bertz CT molecular complexity index is 2160. The minimum Gasteiger partial charge on any atom is -0.445 e. The molecule has 3 aromatic carbocycles. The predicted octanol–water partition coefficient (Wildman–Crippen LogP) is 4.48. The van der Waals surface area contributed by atoms with Crippen LogP contribution < -0.4 is 26.2 Å². The number of alkyl carbamates (subject to hydrolysis) is 1. The number of amides is 5. The number of nitrogens with zero attached hydrogens (tertiary/aromatic N) is 2. The van der Waals surface area contributed by atoms with Crippen LogP contribution in [0.2, 0.25) is 0 Å². The molecule has 65 heavy (non-hydrogen) atoms. The Morgan fingerprint density at radius 1 is 0.892 bits per heavy atom. The van der Waals surface area contributed by atoms with Crippen molar-refractivity contribution in [3.05, 3.63) is 101 Å². The highest BCUT2D eigenvalue weighted by molar-refractivity contribution is 8.00. The van der Waals surface area contributed by atoms with Gasteiger partial charge in [0, 0.05) is 61.3 Å². The monoisotopic (exact) mass is 912 g/mol. The zero-order chi connectivity index (χ0) is 45.9. The van der Waals surface area contributed by atoms with Crippen molar-refractivity contribution in [2.24, 2.45) is 5.16 Å². The van der Waals surface area contributed by atoms with Crippen LogP contribution in [-0.4, -0.2) is 128 Å². The highest BCUT2D eigenvalue weighted by Crippen LogP contribution is 2.39. The lowest BCUT2D eigenvalue weighted by atomic mass is 9.92. The van der Waals surface area contributed by atoms with Crippen LogP contribution in [0, 0.1) is 11.8 Å². The first-order valence-corrected chi connectivity index (χ1v) is 23.3. The number of nitrogens with one attached hydrogen (secondary N) is 4. The predicted molar refractivity (Wildman–Crippen MR) is 248 cm³/mol. The van der Waals surface area contributed by atoms with Crippen LogP contribution in [0.25, 0.3) is 0 Å². The summed E-state index contributed by atoms with van der Waals surface area (Å²) in [5.74, 6) is 7.22. The van der Waals surface area contributed by atoms with E-state index < -0.39 is 6.09 Å². The molecular formula is C48H60N6O10S. The van der Waals surface area contributed by atoms with E-state index in [4.69, 9.17) is 29.3 Å². The summed E-state index contributed by atoms with van der Waals surface area (Å²) in [6.07, 6.45) is 4.34. The summed E-state index contributed by atoms with van der Waals surface area (Å²) in [6, 6.07) is 22.7. The fourth-order valence-electron chi connectivity index (χ4n) is 7.80. The molecule has 2 unspecified atom stereocenters. The Balaban J connectivity index is 0.00000168. The SMILES string of the molecule is C[C@]12CSC(CCCCC(=O)NCCCOCCOCCCNC(=O)OCc3ccc(C4=NOC(CN5C(=O)c6ccccc6C#Cc6ccccc65)C4)cc3)[C@H]1NC(=O)N2.OCCO. The van der Waals surface area contributed by atoms with Crippen LogP contribution in [-0.2, 0) is 30.4 Å². The van der Waals surface area contributed by atoms with E-state index in [9.17, 15) is 19.2 Å². The molecule has 17 heteroatoms. The van der Waals surface area contributed by atoms with Gasteiger partial charge in [0.2, 0.25) is 5.91 Å². The molecule has 2 fully saturated rings. The molecule has 348 valence electrons. The third-order valence-electron chi connectivity index (χ3n) is 11.2. The second-order valence-electron chi connectivity index (χ2n) is 16.2. The summed E-state index contributed by atoms with van der Waals surface area (Å²) in [5, 5.41) is 31.8. The summed E-state index contributed by atoms with van der Waals surface area (Å²) >= 11 is 1.90. The summed E-state index contributed by atoms with van der Waals surface area (Å²) in [7, 11) is 0. The molecule has 7 rings (SSSR count).